The van der Waals surface area contributed by atoms with Gasteiger partial charge in [0.05, 0.1) is 13.2 Å². The summed E-state index contributed by atoms with van der Waals surface area (Å²) in [6.07, 6.45) is 3.73. The highest BCUT2D eigenvalue weighted by molar-refractivity contribution is 14.0. The molecule has 1 aliphatic heterocycles. The molecule has 0 radical (unpaired) electrons. The zero-order chi connectivity index (χ0) is 22.5. The number of guanidine groups is 1. The maximum absolute atomic E-state index is 12.6. The van der Waals surface area contributed by atoms with Crippen LogP contribution < -0.4 is 14.8 Å². The number of likely N-dealkylation sites (tertiary alicyclic amines) is 1. The fourth-order valence-corrected chi connectivity index (χ4v) is 3.47. The molecular weight excluding hydrogens is 535 g/mol. The third-order valence-electron chi connectivity index (χ3n) is 5.03. The standard InChI is InChI=1S/C22H35F2N3O4.HI/c1-4-25-22(27-12-9-18(10-13-27)30-15-5-14-28-2)26-11-8-17-6-7-19(29-3)20(16-17)31-21(23)24;/h6-7,16,18,21H,4-5,8-15H2,1-3H3,(H,25,26);1H. The number of nitrogens with one attached hydrogen (secondary N) is 1. The van der Waals surface area contributed by atoms with Crippen molar-refractivity contribution >= 4 is 29.9 Å². The lowest BCUT2D eigenvalue weighted by Crippen LogP contribution is -2.47. The van der Waals surface area contributed by atoms with Gasteiger partial charge < -0.3 is 29.2 Å². The fourth-order valence-electron chi connectivity index (χ4n) is 3.47. The van der Waals surface area contributed by atoms with Crippen molar-refractivity contribution in [2.45, 2.75) is 45.3 Å². The van der Waals surface area contributed by atoms with Crippen molar-refractivity contribution in [1.29, 1.82) is 0 Å². The van der Waals surface area contributed by atoms with E-state index in [4.69, 9.17) is 19.2 Å². The average Bonchev–Trinajstić information content (AvgIpc) is 2.76. The van der Waals surface area contributed by atoms with E-state index >= 15 is 0 Å². The Balaban J connectivity index is 0.00000512. The number of hydrogen-bond donors (Lipinski definition) is 1. The molecule has 1 aromatic carbocycles. The van der Waals surface area contributed by atoms with Crippen molar-refractivity contribution < 1.29 is 27.7 Å². The number of piperidine rings is 1. The highest BCUT2D eigenvalue weighted by Crippen LogP contribution is 2.29. The first kappa shape index (κ1) is 28.6. The molecule has 0 saturated carbocycles. The van der Waals surface area contributed by atoms with Gasteiger partial charge >= 0.3 is 6.61 Å². The highest BCUT2D eigenvalue weighted by Gasteiger charge is 2.21. The second-order valence-electron chi connectivity index (χ2n) is 7.25. The summed E-state index contributed by atoms with van der Waals surface area (Å²) in [5, 5.41) is 3.34. The third kappa shape index (κ3) is 10.0. The number of halogens is 3. The maximum atomic E-state index is 12.6. The number of rotatable bonds is 12. The summed E-state index contributed by atoms with van der Waals surface area (Å²) in [5.74, 6) is 1.20. The Bertz CT molecular complexity index is 675. The molecule has 0 aliphatic carbocycles. The van der Waals surface area contributed by atoms with Gasteiger partial charge in [-0.3, -0.25) is 4.99 Å². The number of ether oxygens (including phenoxy) is 4. The van der Waals surface area contributed by atoms with E-state index < -0.39 is 6.61 Å². The van der Waals surface area contributed by atoms with E-state index in [1.54, 1.807) is 19.2 Å². The molecule has 0 aromatic heterocycles. The Morgan fingerprint density at radius 1 is 1.19 bits per heavy atom. The second kappa shape index (κ2) is 16.2. The number of methoxy groups -OCH3 is 2. The Hall–Kier alpha value is -1.40. The monoisotopic (exact) mass is 571 g/mol. The minimum Gasteiger partial charge on any atom is -0.493 e. The van der Waals surface area contributed by atoms with Crippen LogP contribution in [-0.4, -0.2) is 77.2 Å². The largest absolute Gasteiger partial charge is 0.493 e. The van der Waals surface area contributed by atoms with Crippen LogP contribution >= 0.6 is 24.0 Å². The summed E-state index contributed by atoms with van der Waals surface area (Å²) in [5.41, 5.74) is 0.860. The van der Waals surface area contributed by atoms with Gasteiger partial charge in [0, 0.05) is 46.5 Å². The minimum atomic E-state index is -2.89. The number of hydrogen-bond acceptors (Lipinski definition) is 5. The fraction of sp³-hybridized carbons (Fsp3) is 0.682. The molecule has 2 rings (SSSR count). The molecule has 0 bridgehead atoms. The molecular formula is C22H36F2IN3O4. The Labute approximate surface area is 206 Å². The van der Waals surface area contributed by atoms with Gasteiger partial charge in [-0.2, -0.15) is 8.78 Å². The van der Waals surface area contributed by atoms with Gasteiger partial charge in [-0.1, -0.05) is 6.07 Å². The zero-order valence-electron chi connectivity index (χ0n) is 19.1. The van der Waals surface area contributed by atoms with Crippen molar-refractivity contribution in [3.05, 3.63) is 23.8 Å². The van der Waals surface area contributed by atoms with Crippen LogP contribution in [0.25, 0.3) is 0 Å². The van der Waals surface area contributed by atoms with Gasteiger partial charge in [-0.25, -0.2) is 0 Å². The van der Waals surface area contributed by atoms with E-state index in [9.17, 15) is 8.78 Å². The maximum Gasteiger partial charge on any atom is 0.387 e. The van der Waals surface area contributed by atoms with Crippen molar-refractivity contribution in [1.82, 2.24) is 10.2 Å². The first-order valence-corrected chi connectivity index (χ1v) is 10.8. The molecule has 10 heteroatoms. The number of nitrogens with zero attached hydrogens (tertiary/aromatic N) is 2. The van der Waals surface area contributed by atoms with Crippen LogP contribution in [0.5, 0.6) is 11.5 Å². The van der Waals surface area contributed by atoms with Gasteiger partial charge in [-0.05, 0) is 50.3 Å². The summed E-state index contributed by atoms with van der Waals surface area (Å²) in [6.45, 7) is 3.68. The quantitative estimate of drug-likeness (QED) is 0.178. The topological polar surface area (TPSA) is 64.6 Å². The van der Waals surface area contributed by atoms with Crippen molar-refractivity contribution in [3.8, 4) is 11.5 Å². The number of aliphatic imine (C=N–C) groups is 1. The Kier molecular flexibility index (Phi) is 14.5. The van der Waals surface area contributed by atoms with E-state index in [1.165, 1.54) is 7.11 Å². The van der Waals surface area contributed by atoms with Crippen molar-refractivity contribution in [3.63, 3.8) is 0 Å². The Morgan fingerprint density at radius 2 is 1.94 bits per heavy atom. The lowest BCUT2D eigenvalue weighted by Gasteiger charge is -2.34. The first-order valence-electron chi connectivity index (χ1n) is 10.8. The van der Waals surface area contributed by atoms with Crippen LogP contribution in [0.4, 0.5) is 8.78 Å². The van der Waals surface area contributed by atoms with Gasteiger partial charge in [0.25, 0.3) is 0 Å². The molecule has 1 aliphatic rings. The average molecular weight is 571 g/mol. The van der Waals surface area contributed by atoms with E-state index in [2.05, 4.69) is 15.0 Å². The Morgan fingerprint density at radius 3 is 2.56 bits per heavy atom. The van der Waals surface area contributed by atoms with E-state index in [0.29, 0.717) is 13.0 Å². The van der Waals surface area contributed by atoms with E-state index in [-0.39, 0.29) is 41.6 Å². The van der Waals surface area contributed by atoms with Crippen molar-refractivity contribution in [2.75, 3.05) is 53.6 Å². The van der Waals surface area contributed by atoms with Crippen LogP contribution in [0, 0.1) is 0 Å². The van der Waals surface area contributed by atoms with Gasteiger partial charge in [0.1, 0.15) is 0 Å². The summed E-state index contributed by atoms with van der Waals surface area (Å²) in [7, 11) is 3.12. The molecule has 0 spiro atoms. The smallest absolute Gasteiger partial charge is 0.387 e. The molecule has 1 aromatic rings. The summed E-state index contributed by atoms with van der Waals surface area (Å²) in [6, 6.07) is 5.06. The van der Waals surface area contributed by atoms with Crippen LogP contribution in [-0.2, 0) is 15.9 Å². The molecule has 184 valence electrons. The van der Waals surface area contributed by atoms with Gasteiger partial charge in [0.15, 0.2) is 17.5 Å². The highest BCUT2D eigenvalue weighted by atomic mass is 127. The molecule has 1 heterocycles. The van der Waals surface area contributed by atoms with Gasteiger partial charge in [0.2, 0.25) is 0 Å². The van der Waals surface area contributed by atoms with Gasteiger partial charge in [-0.15, -0.1) is 24.0 Å². The van der Waals surface area contributed by atoms with Crippen molar-refractivity contribution in [2.24, 2.45) is 4.99 Å². The number of alkyl halides is 2. The predicted octanol–water partition coefficient (Wildman–Crippen LogP) is 3.94. The van der Waals surface area contributed by atoms with Crippen LogP contribution in [0.2, 0.25) is 0 Å². The number of benzene rings is 1. The summed E-state index contributed by atoms with van der Waals surface area (Å²) >= 11 is 0. The molecule has 7 nitrogen and oxygen atoms in total. The van der Waals surface area contributed by atoms with E-state index in [0.717, 1.165) is 63.6 Å². The first-order chi connectivity index (χ1) is 15.1. The normalized spacial score (nSPS) is 14.9. The van der Waals surface area contributed by atoms with Crippen LogP contribution in [0.3, 0.4) is 0 Å². The lowest BCUT2D eigenvalue weighted by atomic mass is 10.1. The van der Waals surface area contributed by atoms with Crippen LogP contribution in [0.1, 0.15) is 31.7 Å². The van der Waals surface area contributed by atoms with Crippen LogP contribution in [0.15, 0.2) is 23.2 Å². The summed E-state index contributed by atoms with van der Waals surface area (Å²) in [4.78, 5) is 6.98. The zero-order valence-corrected chi connectivity index (χ0v) is 21.5. The molecule has 32 heavy (non-hydrogen) atoms. The lowest BCUT2D eigenvalue weighted by molar-refractivity contribution is -0.0512. The molecule has 0 atom stereocenters. The SMILES string of the molecule is CCNC(=NCCc1ccc(OC)c(OC(F)F)c1)N1CCC(OCCCOC)CC1.I. The molecule has 0 amide bonds. The summed E-state index contributed by atoms with van der Waals surface area (Å²) < 4.78 is 45.9. The predicted molar refractivity (Wildman–Crippen MR) is 132 cm³/mol. The minimum absolute atomic E-state index is 0. The molecule has 1 N–H and O–H groups in total. The molecule has 1 saturated heterocycles. The van der Waals surface area contributed by atoms with E-state index in [1.807, 2.05) is 13.0 Å². The second-order valence-corrected chi connectivity index (χ2v) is 7.25. The third-order valence-corrected chi connectivity index (χ3v) is 5.03. The molecule has 0 unspecified atom stereocenters. The molecule has 1 fully saturated rings.